The van der Waals surface area contributed by atoms with Crippen molar-refractivity contribution < 1.29 is 23.1 Å². The van der Waals surface area contributed by atoms with Gasteiger partial charge < -0.3 is 14.5 Å². The number of rotatable bonds is 6. The molecule has 5 rings (SSSR count). The summed E-state index contributed by atoms with van der Waals surface area (Å²) >= 11 is 0. The van der Waals surface area contributed by atoms with Crippen molar-refractivity contribution in [2.45, 2.75) is 19.4 Å². The number of nitrogens with one attached hydrogen (secondary N) is 1. The average Bonchev–Trinajstić information content (AvgIpc) is 3.51. The van der Waals surface area contributed by atoms with Gasteiger partial charge in [0.15, 0.2) is 6.61 Å². The number of carbonyl (C=O) groups is 2. The third-order valence-corrected chi connectivity index (χ3v) is 5.74. The lowest BCUT2D eigenvalue weighted by Crippen LogP contribution is -2.28. The van der Waals surface area contributed by atoms with Crippen LogP contribution in [0.2, 0.25) is 0 Å². The molecular formula is C27H21FN2O4. The monoisotopic (exact) mass is 456 g/mol. The molecule has 34 heavy (non-hydrogen) atoms. The summed E-state index contributed by atoms with van der Waals surface area (Å²) in [5, 5.41) is 3.37. The fraction of sp³-hybridized carbons (Fsp3) is 0.148. The first-order valence-corrected chi connectivity index (χ1v) is 10.9. The predicted octanol–water partition coefficient (Wildman–Crippen LogP) is 4.93. The summed E-state index contributed by atoms with van der Waals surface area (Å²) in [5.41, 5.74) is 4.42. The average molecular weight is 456 g/mol. The molecular weight excluding hydrogens is 435 g/mol. The third kappa shape index (κ3) is 4.45. The Morgan fingerprint density at radius 1 is 1.06 bits per heavy atom. The summed E-state index contributed by atoms with van der Waals surface area (Å²) in [6.07, 6.45) is 4.91. The summed E-state index contributed by atoms with van der Waals surface area (Å²) < 4.78 is 23.9. The minimum atomic E-state index is -0.564. The van der Waals surface area contributed by atoms with Crippen molar-refractivity contribution in [3.8, 4) is 0 Å². The second-order valence-corrected chi connectivity index (χ2v) is 8.00. The van der Waals surface area contributed by atoms with Gasteiger partial charge in [0.25, 0.3) is 5.91 Å². The molecule has 1 aliphatic rings. The summed E-state index contributed by atoms with van der Waals surface area (Å²) in [5.74, 6) is -0.625. The fourth-order valence-electron chi connectivity index (χ4n) is 4.11. The van der Waals surface area contributed by atoms with Crippen LogP contribution in [0.5, 0.6) is 0 Å². The first kappa shape index (κ1) is 21.6. The molecule has 0 saturated heterocycles. The summed E-state index contributed by atoms with van der Waals surface area (Å²) in [4.78, 5) is 30.2. The highest BCUT2D eigenvalue weighted by atomic mass is 19.1. The summed E-state index contributed by atoms with van der Waals surface area (Å²) in [7, 11) is 0. The second-order valence-electron chi connectivity index (χ2n) is 8.00. The van der Waals surface area contributed by atoms with E-state index in [2.05, 4.69) is 5.32 Å². The Morgan fingerprint density at radius 3 is 2.68 bits per heavy atom. The smallest absolute Gasteiger partial charge is 0.339 e. The van der Waals surface area contributed by atoms with E-state index in [1.165, 1.54) is 12.1 Å². The second kappa shape index (κ2) is 9.31. The van der Waals surface area contributed by atoms with Gasteiger partial charge in [0.2, 0.25) is 0 Å². The van der Waals surface area contributed by atoms with E-state index in [0.29, 0.717) is 22.9 Å². The lowest BCUT2D eigenvalue weighted by Gasteiger charge is -2.12. The van der Waals surface area contributed by atoms with Crippen LogP contribution < -0.4 is 5.32 Å². The van der Waals surface area contributed by atoms with E-state index in [9.17, 15) is 14.0 Å². The van der Waals surface area contributed by atoms with Gasteiger partial charge in [0, 0.05) is 11.9 Å². The van der Waals surface area contributed by atoms with Crippen LogP contribution >= 0.6 is 0 Å². The number of esters is 1. The minimum Gasteiger partial charge on any atom is -0.465 e. The van der Waals surface area contributed by atoms with Crippen molar-refractivity contribution in [3.63, 3.8) is 0 Å². The SMILES string of the molecule is O=C(COC(=O)c1c2c(nc3ccccc13)/C(=C/c1ccco1)CC2)NCc1ccc(F)cc1. The number of carbonyl (C=O) groups excluding carboxylic acids is 2. The predicted molar refractivity (Wildman–Crippen MR) is 125 cm³/mol. The van der Waals surface area contributed by atoms with Gasteiger partial charge >= 0.3 is 5.97 Å². The van der Waals surface area contributed by atoms with Crippen LogP contribution in [0.4, 0.5) is 4.39 Å². The fourth-order valence-corrected chi connectivity index (χ4v) is 4.11. The van der Waals surface area contributed by atoms with Crippen molar-refractivity contribution in [1.29, 1.82) is 0 Å². The maximum Gasteiger partial charge on any atom is 0.339 e. The van der Waals surface area contributed by atoms with E-state index in [1.807, 2.05) is 42.5 Å². The Labute approximate surface area is 195 Å². The van der Waals surface area contributed by atoms with E-state index < -0.39 is 18.5 Å². The molecule has 7 heteroatoms. The Hall–Kier alpha value is -4.26. The van der Waals surface area contributed by atoms with E-state index in [4.69, 9.17) is 14.1 Å². The number of furan rings is 1. The van der Waals surface area contributed by atoms with Gasteiger partial charge in [-0.2, -0.15) is 0 Å². The first-order valence-electron chi connectivity index (χ1n) is 10.9. The molecule has 2 heterocycles. The van der Waals surface area contributed by atoms with Crippen LogP contribution in [0.15, 0.2) is 71.3 Å². The van der Waals surface area contributed by atoms with Crippen LogP contribution in [0.1, 0.15) is 39.4 Å². The number of benzene rings is 2. The summed E-state index contributed by atoms with van der Waals surface area (Å²) in [6.45, 7) is -0.203. The van der Waals surface area contributed by atoms with Crippen molar-refractivity contribution in [1.82, 2.24) is 10.3 Å². The molecule has 0 aliphatic heterocycles. The topological polar surface area (TPSA) is 81.4 Å². The van der Waals surface area contributed by atoms with Crippen molar-refractivity contribution in [3.05, 3.63) is 101 Å². The number of aromatic nitrogens is 1. The quantitative estimate of drug-likeness (QED) is 0.416. The highest BCUT2D eigenvalue weighted by Crippen LogP contribution is 2.37. The van der Waals surface area contributed by atoms with Gasteiger partial charge in [-0.3, -0.25) is 4.79 Å². The van der Waals surface area contributed by atoms with Crippen LogP contribution in [-0.4, -0.2) is 23.5 Å². The van der Waals surface area contributed by atoms with Gasteiger partial charge in [-0.1, -0.05) is 30.3 Å². The Balaban J connectivity index is 1.36. The van der Waals surface area contributed by atoms with E-state index >= 15 is 0 Å². The molecule has 0 fully saturated rings. The number of nitrogens with zero attached hydrogens (tertiary/aromatic N) is 1. The molecule has 6 nitrogen and oxygen atoms in total. The lowest BCUT2D eigenvalue weighted by molar-refractivity contribution is -0.124. The van der Waals surface area contributed by atoms with Crippen LogP contribution in [-0.2, 0) is 22.5 Å². The molecule has 1 amide bonds. The van der Waals surface area contributed by atoms with Crippen molar-refractivity contribution >= 4 is 34.4 Å². The Kier molecular flexibility index (Phi) is 5.91. The zero-order valence-corrected chi connectivity index (χ0v) is 18.2. The van der Waals surface area contributed by atoms with Gasteiger partial charge in [-0.15, -0.1) is 0 Å². The molecule has 0 atom stereocenters. The highest BCUT2D eigenvalue weighted by molar-refractivity contribution is 6.07. The Morgan fingerprint density at radius 2 is 1.88 bits per heavy atom. The molecule has 170 valence electrons. The number of ether oxygens (including phenoxy) is 1. The third-order valence-electron chi connectivity index (χ3n) is 5.74. The molecule has 4 aromatic rings. The molecule has 2 aromatic heterocycles. The van der Waals surface area contributed by atoms with E-state index in [-0.39, 0.29) is 12.4 Å². The number of para-hydroxylation sites is 1. The zero-order chi connectivity index (χ0) is 23.5. The number of pyridine rings is 1. The van der Waals surface area contributed by atoms with Crippen molar-refractivity contribution in [2.75, 3.05) is 6.61 Å². The molecule has 0 unspecified atom stereocenters. The minimum absolute atomic E-state index is 0.213. The summed E-state index contributed by atoms with van der Waals surface area (Å²) in [6, 6.07) is 16.9. The Bertz CT molecular complexity index is 1390. The first-order chi connectivity index (χ1) is 16.6. The van der Waals surface area contributed by atoms with Gasteiger partial charge in [-0.25, -0.2) is 14.2 Å². The molecule has 0 radical (unpaired) electrons. The molecule has 1 N–H and O–H groups in total. The van der Waals surface area contributed by atoms with Crippen LogP contribution in [0.3, 0.4) is 0 Å². The largest absolute Gasteiger partial charge is 0.465 e. The number of halogens is 1. The zero-order valence-electron chi connectivity index (χ0n) is 18.2. The van der Waals surface area contributed by atoms with E-state index in [0.717, 1.165) is 34.6 Å². The maximum atomic E-state index is 13.1. The highest BCUT2D eigenvalue weighted by Gasteiger charge is 2.28. The molecule has 0 bridgehead atoms. The molecule has 1 aliphatic carbocycles. The standard InChI is InChI=1S/C27H21FN2O4/c28-19-10-7-17(8-11-19)15-29-24(31)16-34-27(32)25-21-5-1-2-6-23(21)30-26-18(9-12-22(25)26)14-20-4-3-13-33-20/h1-8,10-11,13-14H,9,12,15-16H2,(H,29,31)/b18-14+. The van der Waals surface area contributed by atoms with Gasteiger partial charge in [0.1, 0.15) is 11.6 Å². The van der Waals surface area contributed by atoms with Crippen molar-refractivity contribution in [2.24, 2.45) is 0 Å². The number of hydrogen-bond acceptors (Lipinski definition) is 5. The molecule has 0 spiro atoms. The number of allylic oxidation sites excluding steroid dienone is 1. The molecule has 0 saturated carbocycles. The van der Waals surface area contributed by atoms with Crippen LogP contribution in [0.25, 0.3) is 22.6 Å². The number of hydrogen-bond donors (Lipinski definition) is 1. The number of amides is 1. The van der Waals surface area contributed by atoms with Gasteiger partial charge in [-0.05, 0) is 65.9 Å². The van der Waals surface area contributed by atoms with Gasteiger partial charge in [0.05, 0.1) is 23.0 Å². The van der Waals surface area contributed by atoms with Crippen LogP contribution in [0, 0.1) is 5.82 Å². The van der Waals surface area contributed by atoms with E-state index in [1.54, 1.807) is 18.4 Å². The lowest BCUT2D eigenvalue weighted by atomic mass is 10.0. The maximum absolute atomic E-state index is 13.1. The molecule has 2 aromatic carbocycles. The normalized spacial score (nSPS) is 13.7. The number of fused-ring (bicyclic) bond motifs is 2.